The normalized spacial score (nSPS) is 26.9. The van der Waals surface area contributed by atoms with Gasteiger partial charge in [-0.3, -0.25) is 4.79 Å². The molecular formula is C13H18O4S. The standard InChI is InChI=1S/C13H18O4S/c1-7-8(9(14)16-6)18-13(17-7)11(2,3)10(15)12(13,4)5/h1-6H3. The Morgan fingerprint density at radius 3 is 2.17 bits per heavy atom. The van der Waals surface area contributed by atoms with E-state index < -0.39 is 21.7 Å². The summed E-state index contributed by atoms with van der Waals surface area (Å²) >= 11 is 1.32. The van der Waals surface area contributed by atoms with Crippen LogP contribution in [0.2, 0.25) is 0 Å². The van der Waals surface area contributed by atoms with Crippen molar-refractivity contribution in [1.29, 1.82) is 0 Å². The summed E-state index contributed by atoms with van der Waals surface area (Å²) in [5.41, 5.74) is -1.23. The minimum absolute atomic E-state index is 0.154. The largest absolute Gasteiger partial charge is 0.477 e. The van der Waals surface area contributed by atoms with E-state index in [1.807, 2.05) is 27.7 Å². The highest BCUT2D eigenvalue weighted by Gasteiger charge is 2.77. The molecule has 0 atom stereocenters. The first-order valence-electron chi connectivity index (χ1n) is 5.84. The molecule has 5 heteroatoms. The molecule has 0 N–H and O–H groups in total. The maximum atomic E-state index is 12.2. The van der Waals surface area contributed by atoms with Crippen molar-refractivity contribution in [2.75, 3.05) is 7.11 Å². The quantitative estimate of drug-likeness (QED) is 0.685. The molecule has 0 aromatic carbocycles. The summed E-state index contributed by atoms with van der Waals surface area (Å²) in [4.78, 5) is 23.6. The fourth-order valence-electron chi connectivity index (χ4n) is 3.09. The molecule has 0 saturated heterocycles. The van der Waals surface area contributed by atoms with Crippen molar-refractivity contribution in [3.63, 3.8) is 0 Å². The van der Waals surface area contributed by atoms with Crippen LogP contribution in [0, 0.1) is 10.8 Å². The Morgan fingerprint density at radius 1 is 1.22 bits per heavy atom. The van der Waals surface area contributed by atoms with Crippen LogP contribution in [0.4, 0.5) is 0 Å². The highest BCUT2D eigenvalue weighted by molar-refractivity contribution is 8.05. The van der Waals surface area contributed by atoms with Gasteiger partial charge in [0.15, 0.2) is 10.7 Å². The van der Waals surface area contributed by atoms with Crippen molar-refractivity contribution in [1.82, 2.24) is 0 Å². The molecule has 18 heavy (non-hydrogen) atoms. The van der Waals surface area contributed by atoms with Crippen LogP contribution in [0.5, 0.6) is 0 Å². The second kappa shape index (κ2) is 3.53. The molecule has 2 aliphatic rings. The van der Waals surface area contributed by atoms with Crippen LogP contribution < -0.4 is 0 Å². The Bertz CT molecular complexity index is 455. The molecule has 1 saturated carbocycles. The SMILES string of the molecule is COC(=O)C1=C(C)OC2(S1)C(C)(C)C(=O)C2(C)C. The van der Waals surface area contributed by atoms with E-state index in [9.17, 15) is 9.59 Å². The Morgan fingerprint density at radius 2 is 1.72 bits per heavy atom. The van der Waals surface area contributed by atoms with E-state index >= 15 is 0 Å². The third kappa shape index (κ3) is 1.23. The fourth-order valence-corrected chi connectivity index (χ4v) is 4.59. The van der Waals surface area contributed by atoms with Crippen LogP contribution in [0.3, 0.4) is 0 Å². The van der Waals surface area contributed by atoms with E-state index in [2.05, 4.69) is 0 Å². The number of allylic oxidation sites excluding steroid dienone is 1. The van der Waals surface area contributed by atoms with E-state index in [-0.39, 0.29) is 5.78 Å². The molecular weight excluding hydrogens is 252 g/mol. The zero-order chi connectivity index (χ0) is 13.9. The minimum Gasteiger partial charge on any atom is -0.477 e. The highest BCUT2D eigenvalue weighted by Crippen LogP contribution is 2.70. The van der Waals surface area contributed by atoms with Crippen molar-refractivity contribution in [2.24, 2.45) is 10.8 Å². The summed E-state index contributed by atoms with van der Waals surface area (Å²) < 4.78 is 10.7. The summed E-state index contributed by atoms with van der Waals surface area (Å²) in [6.45, 7) is 9.19. The van der Waals surface area contributed by atoms with Gasteiger partial charge in [0, 0.05) is 0 Å². The lowest BCUT2D eigenvalue weighted by atomic mass is 9.51. The average Bonchev–Trinajstić information content (AvgIpc) is 2.67. The third-order valence-electron chi connectivity index (χ3n) is 4.01. The maximum Gasteiger partial charge on any atom is 0.347 e. The highest BCUT2D eigenvalue weighted by atomic mass is 32.2. The molecule has 0 amide bonds. The summed E-state index contributed by atoms with van der Waals surface area (Å²) in [6, 6.07) is 0. The number of carbonyl (C=O) groups excluding carboxylic acids is 2. The monoisotopic (exact) mass is 270 g/mol. The van der Waals surface area contributed by atoms with Crippen molar-refractivity contribution >= 4 is 23.5 Å². The van der Waals surface area contributed by atoms with Gasteiger partial charge in [-0.1, -0.05) is 11.8 Å². The second-order valence-corrected chi connectivity index (χ2v) is 6.96. The molecule has 0 unspecified atom stereocenters. The van der Waals surface area contributed by atoms with Crippen LogP contribution in [0.1, 0.15) is 34.6 Å². The molecule has 1 fully saturated rings. The predicted octanol–water partition coefficient (Wildman–Crippen LogP) is 2.49. The number of hydrogen-bond acceptors (Lipinski definition) is 5. The molecule has 0 radical (unpaired) electrons. The molecule has 1 aliphatic carbocycles. The molecule has 100 valence electrons. The molecule has 0 aromatic heterocycles. The van der Waals surface area contributed by atoms with Gasteiger partial charge in [0.25, 0.3) is 0 Å². The lowest BCUT2D eigenvalue weighted by molar-refractivity contribution is -0.194. The van der Waals surface area contributed by atoms with E-state index in [1.54, 1.807) is 6.92 Å². The van der Waals surface area contributed by atoms with Crippen LogP contribution in [-0.2, 0) is 19.1 Å². The Hall–Kier alpha value is -0.970. The summed E-state index contributed by atoms with van der Waals surface area (Å²) in [6.07, 6.45) is 0. The van der Waals surface area contributed by atoms with Crippen molar-refractivity contribution in [3.05, 3.63) is 10.7 Å². The molecule has 2 rings (SSSR count). The van der Waals surface area contributed by atoms with Crippen LogP contribution in [0.15, 0.2) is 10.7 Å². The summed E-state index contributed by atoms with van der Waals surface area (Å²) in [5.74, 6) is 0.294. The maximum absolute atomic E-state index is 12.2. The fraction of sp³-hybridized carbons (Fsp3) is 0.692. The predicted molar refractivity (Wildman–Crippen MR) is 68.7 cm³/mol. The second-order valence-electron chi connectivity index (χ2n) is 5.78. The first kappa shape index (κ1) is 13.5. The van der Waals surface area contributed by atoms with Crippen molar-refractivity contribution in [3.8, 4) is 0 Å². The summed E-state index contributed by atoms with van der Waals surface area (Å²) in [5, 5.41) is 0. The number of carbonyl (C=O) groups is 2. The topological polar surface area (TPSA) is 52.6 Å². The molecule has 1 spiro atoms. The summed E-state index contributed by atoms with van der Waals surface area (Å²) in [7, 11) is 1.34. The number of thioether (sulfide) groups is 1. The number of rotatable bonds is 1. The average molecular weight is 270 g/mol. The Balaban J connectivity index is 2.40. The molecule has 4 nitrogen and oxygen atoms in total. The van der Waals surface area contributed by atoms with Gasteiger partial charge in [-0.05, 0) is 34.6 Å². The first-order chi connectivity index (χ1) is 8.12. The van der Waals surface area contributed by atoms with E-state index in [4.69, 9.17) is 9.47 Å². The number of esters is 1. The number of Topliss-reactive ketones (excluding diaryl/α,β-unsaturated/α-hetero) is 1. The van der Waals surface area contributed by atoms with Crippen molar-refractivity contribution < 1.29 is 19.1 Å². The van der Waals surface area contributed by atoms with Gasteiger partial charge in [-0.2, -0.15) is 0 Å². The van der Waals surface area contributed by atoms with Gasteiger partial charge in [-0.15, -0.1) is 0 Å². The lowest BCUT2D eigenvalue weighted by Crippen LogP contribution is -2.72. The van der Waals surface area contributed by atoms with Crippen LogP contribution in [-0.4, -0.2) is 23.8 Å². The van der Waals surface area contributed by atoms with Gasteiger partial charge in [0.05, 0.1) is 17.9 Å². The Labute approximate surface area is 111 Å². The van der Waals surface area contributed by atoms with Gasteiger partial charge in [-0.25, -0.2) is 4.79 Å². The van der Waals surface area contributed by atoms with Gasteiger partial charge in [0.1, 0.15) is 10.7 Å². The number of hydrogen-bond donors (Lipinski definition) is 0. The van der Waals surface area contributed by atoms with E-state index in [1.165, 1.54) is 18.9 Å². The first-order valence-corrected chi connectivity index (χ1v) is 6.65. The smallest absolute Gasteiger partial charge is 0.347 e. The van der Waals surface area contributed by atoms with Gasteiger partial charge >= 0.3 is 5.97 Å². The number of ketones is 1. The van der Waals surface area contributed by atoms with Gasteiger partial charge in [0.2, 0.25) is 0 Å². The Kier molecular flexibility index (Phi) is 2.64. The van der Waals surface area contributed by atoms with Crippen molar-refractivity contribution in [2.45, 2.75) is 39.6 Å². The molecule has 0 aromatic rings. The van der Waals surface area contributed by atoms with E-state index in [0.29, 0.717) is 10.7 Å². The molecule has 1 aliphatic heterocycles. The zero-order valence-corrected chi connectivity index (χ0v) is 12.4. The minimum atomic E-state index is -0.704. The molecule has 0 bridgehead atoms. The van der Waals surface area contributed by atoms with Crippen LogP contribution >= 0.6 is 11.8 Å². The lowest BCUT2D eigenvalue weighted by Gasteiger charge is -2.61. The van der Waals surface area contributed by atoms with Crippen LogP contribution in [0.25, 0.3) is 0 Å². The number of methoxy groups -OCH3 is 1. The molecule has 1 heterocycles. The number of ether oxygens (including phenoxy) is 2. The zero-order valence-electron chi connectivity index (χ0n) is 11.5. The van der Waals surface area contributed by atoms with E-state index in [0.717, 1.165) is 0 Å². The third-order valence-corrected chi connectivity index (χ3v) is 6.06. The van der Waals surface area contributed by atoms with Gasteiger partial charge < -0.3 is 9.47 Å².